The summed E-state index contributed by atoms with van der Waals surface area (Å²) in [6.07, 6.45) is 4.58. The highest BCUT2D eigenvalue weighted by Crippen LogP contribution is 2.31. The van der Waals surface area contributed by atoms with Crippen LogP contribution in [-0.2, 0) is 27.7 Å². The number of nitriles is 1. The van der Waals surface area contributed by atoms with E-state index in [9.17, 15) is 18.5 Å². The molecule has 1 amide bonds. The van der Waals surface area contributed by atoms with Crippen LogP contribution in [0.1, 0.15) is 43.0 Å². The summed E-state index contributed by atoms with van der Waals surface area (Å²) in [5.41, 5.74) is 3.12. The van der Waals surface area contributed by atoms with Crippen LogP contribution in [0.4, 0.5) is 5.69 Å². The van der Waals surface area contributed by atoms with E-state index in [-0.39, 0.29) is 10.8 Å². The highest BCUT2D eigenvalue weighted by Gasteiger charge is 2.23. The normalized spacial score (nSPS) is 14.5. The standard InChI is InChI=1S/C20H22N4O3S2/c1-2-18(19(25)23-15-7-9-16(10-8-15)29(22,26)27)28-20-14(12-21)11-13-5-3-4-6-17(13)24-20/h7-11,18H,2-6H2,1H3,(H,23,25)(H2,22,26,27). The molecule has 1 heterocycles. The molecule has 29 heavy (non-hydrogen) atoms. The molecule has 1 aliphatic carbocycles. The minimum absolute atomic E-state index is 0.0196. The number of hydrogen-bond donors (Lipinski definition) is 2. The first-order valence-electron chi connectivity index (χ1n) is 9.35. The fourth-order valence-corrected chi connectivity index (χ4v) is 4.70. The zero-order valence-corrected chi connectivity index (χ0v) is 17.6. The van der Waals surface area contributed by atoms with Crippen LogP contribution in [0, 0.1) is 11.3 Å². The van der Waals surface area contributed by atoms with Crippen LogP contribution >= 0.6 is 11.8 Å². The lowest BCUT2D eigenvalue weighted by atomic mass is 9.95. The number of aryl methyl sites for hydroxylation is 2. The van der Waals surface area contributed by atoms with Crippen LogP contribution in [0.3, 0.4) is 0 Å². The first-order chi connectivity index (χ1) is 13.8. The second-order valence-electron chi connectivity index (χ2n) is 6.84. The molecule has 152 valence electrons. The van der Waals surface area contributed by atoms with E-state index in [4.69, 9.17) is 5.14 Å². The number of carbonyl (C=O) groups is 1. The number of amides is 1. The van der Waals surface area contributed by atoms with Crippen molar-refractivity contribution in [2.24, 2.45) is 5.14 Å². The SMILES string of the molecule is CCC(Sc1nc2c(cc1C#N)CCCC2)C(=O)Nc1ccc(S(N)(=O)=O)cc1. The lowest BCUT2D eigenvalue weighted by Crippen LogP contribution is -2.25. The van der Waals surface area contributed by atoms with Gasteiger partial charge in [-0.05, 0) is 68.0 Å². The van der Waals surface area contributed by atoms with E-state index < -0.39 is 15.3 Å². The predicted octanol–water partition coefficient (Wildman–Crippen LogP) is 2.99. The molecular formula is C20H22N4O3S2. The van der Waals surface area contributed by atoms with Crippen LogP contribution in [0.2, 0.25) is 0 Å². The summed E-state index contributed by atoms with van der Waals surface area (Å²) in [7, 11) is -3.78. The smallest absolute Gasteiger partial charge is 0.238 e. The zero-order valence-electron chi connectivity index (χ0n) is 16.0. The summed E-state index contributed by atoms with van der Waals surface area (Å²) in [6.45, 7) is 1.89. The molecule has 2 aromatic rings. The highest BCUT2D eigenvalue weighted by molar-refractivity contribution is 8.00. The van der Waals surface area contributed by atoms with E-state index in [1.807, 2.05) is 13.0 Å². The van der Waals surface area contributed by atoms with Gasteiger partial charge in [-0.25, -0.2) is 18.5 Å². The number of sulfonamides is 1. The van der Waals surface area contributed by atoms with Crippen molar-refractivity contribution in [1.82, 2.24) is 4.98 Å². The number of anilines is 1. The summed E-state index contributed by atoms with van der Waals surface area (Å²) in [6, 6.07) is 9.78. The molecule has 3 rings (SSSR count). The molecule has 1 unspecified atom stereocenters. The summed E-state index contributed by atoms with van der Waals surface area (Å²) < 4.78 is 22.7. The van der Waals surface area contributed by atoms with Gasteiger partial charge < -0.3 is 5.32 Å². The van der Waals surface area contributed by atoms with Gasteiger partial charge in [0.2, 0.25) is 15.9 Å². The number of nitrogens with zero attached hydrogens (tertiary/aromatic N) is 2. The molecule has 7 nitrogen and oxygen atoms in total. The Bertz CT molecular complexity index is 1060. The van der Waals surface area contributed by atoms with Crippen molar-refractivity contribution < 1.29 is 13.2 Å². The first-order valence-corrected chi connectivity index (χ1v) is 11.8. The Balaban J connectivity index is 1.76. The Morgan fingerprint density at radius 3 is 2.62 bits per heavy atom. The number of hydrogen-bond acceptors (Lipinski definition) is 6. The monoisotopic (exact) mass is 430 g/mol. The van der Waals surface area contributed by atoms with Crippen LogP contribution in [0.15, 0.2) is 40.3 Å². The Hall–Kier alpha value is -2.41. The Morgan fingerprint density at radius 1 is 1.31 bits per heavy atom. The molecule has 1 aromatic carbocycles. The minimum Gasteiger partial charge on any atom is -0.325 e. The zero-order chi connectivity index (χ0) is 21.0. The Morgan fingerprint density at radius 2 is 2.00 bits per heavy atom. The van der Waals surface area contributed by atoms with Gasteiger partial charge >= 0.3 is 0 Å². The second-order valence-corrected chi connectivity index (χ2v) is 9.59. The molecule has 3 N–H and O–H groups in total. The molecular weight excluding hydrogens is 408 g/mol. The number of benzene rings is 1. The molecule has 0 radical (unpaired) electrons. The number of primary sulfonamides is 1. The van der Waals surface area contributed by atoms with Crippen molar-refractivity contribution in [2.75, 3.05) is 5.32 Å². The van der Waals surface area contributed by atoms with Crippen molar-refractivity contribution in [3.63, 3.8) is 0 Å². The maximum absolute atomic E-state index is 12.7. The number of fused-ring (bicyclic) bond motifs is 1. The van der Waals surface area contributed by atoms with Gasteiger partial charge in [0.15, 0.2) is 0 Å². The Labute approximate surface area is 174 Å². The molecule has 0 saturated heterocycles. The van der Waals surface area contributed by atoms with Crippen LogP contribution in [0.25, 0.3) is 0 Å². The van der Waals surface area contributed by atoms with E-state index in [0.717, 1.165) is 36.9 Å². The third-order valence-corrected chi connectivity index (χ3v) is 7.05. The van der Waals surface area contributed by atoms with E-state index >= 15 is 0 Å². The van der Waals surface area contributed by atoms with E-state index in [0.29, 0.717) is 22.7 Å². The quantitative estimate of drug-likeness (QED) is 0.679. The number of nitrogens with one attached hydrogen (secondary N) is 1. The van der Waals surface area contributed by atoms with Gasteiger partial charge in [0, 0.05) is 11.4 Å². The lowest BCUT2D eigenvalue weighted by molar-refractivity contribution is -0.115. The van der Waals surface area contributed by atoms with Crippen LogP contribution < -0.4 is 10.5 Å². The van der Waals surface area contributed by atoms with E-state index in [1.54, 1.807) is 0 Å². The fraction of sp³-hybridized carbons (Fsp3) is 0.350. The first kappa shape index (κ1) is 21.3. The van der Waals surface area contributed by atoms with Gasteiger partial charge in [0.25, 0.3) is 0 Å². The third kappa shape index (κ3) is 5.15. The van der Waals surface area contributed by atoms with Crippen molar-refractivity contribution >= 4 is 33.4 Å². The lowest BCUT2D eigenvalue weighted by Gasteiger charge is -2.19. The largest absolute Gasteiger partial charge is 0.325 e. The minimum atomic E-state index is -3.78. The molecule has 0 saturated carbocycles. The molecule has 1 aromatic heterocycles. The van der Waals surface area contributed by atoms with Crippen molar-refractivity contribution in [2.45, 2.75) is 54.2 Å². The molecule has 0 aliphatic heterocycles. The topological polar surface area (TPSA) is 126 Å². The molecule has 1 aliphatic rings. The van der Waals surface area contributed by atoms with Crippen LogP contribution in [0.5, 0.6) is 0 Å². The number of rotatable bonds is 6. The van der Waals surface area contributed by atoms with Gasteiger partial charge in [-0.3, -0.25) is 4.79 Å². The highest BCUT2D eigenvalue weighted by atomic mass is 32.2. The van der Waals surface area contributed by atoms with Gasteiger partial charge in [0.1, 0.15) is 11.1 Å². The maximum Gasteiger partial charge on any atom is 0.238 e. The molecule has 1 atom stereocenters. The van der Waals surface area contributed by atoms with Crippen molar-refractivity contribution in [1.29, 1.82) is 5.26 Å². The summed E-state index contributed by atoms with van der Waals surface area (Å²) >= 11 is 1.29. The van der Waals surface area contributed by atoms with Gasteiger partial charge in [-0.2, -0.15) is 5.26 Å². The van der Waals surface area contributed by atoms with Gasteiger partial charge in [-0.15, -0.1) is 0 Å². The molecule has 0 spiro atoms. The average Bonchev–Trinajstić information content (AvgIpc) is 2.70. The van der Waals surface area contributed by atoms with Crippen LogP contribution in [-0.4, -0.2) is 24.6 Å². The summed E-state index contributed by atoms with van der Waals surface area (Å²) in [4.78, 5) is 17.4. The van der Waals surface area contributed by atoms with E-state index in [2.05, 4.69) is 16.4 Å². The summed E-state index contributed by atoms with van der Waals surface area (Å²) in [5, 5.41) is 17.5. The van der Waals surface area contributed by atoms with Gasteiger partial charge in [0.05, 0.1) is 15.7 Å². The fourth-order valence-electron chi connectivity index (χ4n) is 3.19. The molecule has 0 bridgehead atoms. The number of aromatic nitrogens is 1. The number of nitrogens with two attached hydrogens (primary N) is 1. The van der Waals surface area contributed by atoms with Crippen molar-refractivity contribution in [3.8, 4) is 6.07 Å². The molecule has 0 fully saturated rings. The molecule has 9 heteroatoms. The third-order valence-electron chi connectivity index (χ3n) is 4.75. The number of thioether (sulfide) groups is 1. The van der Waals surface area contributed by atoms with E-state index in [1.165, 1.54) is 36.0 Å². The van der Waals surface area contributed by atoms with Gasteiger partial charge in [-0.1, -0.05) is 18.7 Å². The average molecular weight is 431 g/mol. The maximum atomic E-state index is 12.7. The predicted molar refractivity (Wildman–Crippen MR) is 112 cm³/mol. The summed E-state index contributed by atoms with van der Waals surface area (Å²) in [5.74, 6) is -0.232. The number of carbonyl (C=O) groups excluding carboxylic acids is 1. The second kappa shape index (κ2) is 8.95. The Kier molecular flexibility index (Phi) is 6.57. The van der Waals surface area contributed by atoms with Crippen molar-refractivity contribution in [3.05, 3.63) is 47.2 Å². The number of pyridine rings is 1.